The minimum atomic E-state index is -0.793. The van der Waals surface area contributed by atoms with Gasteiger partial charge in [0, 0.05) is 0 Å². The number of aromatic nitrogens is 3. The fraction of sp³-hybridized carbons (Fsp3) is 0.316. The summed E-state index contributed by atoms with van der Waals surface area (Å²) in [6, 6.07) is 20.9. The summed E-state index contributed by atoms with van der Waals surface area (Å²) in [6.07, 6.45) is 1.78. The molecule has 0 saturated carbocycles. The molecule has 5 aromatic rings. The molecule has 5 rings (SSSR count). The van der Waals surface area contributed by atoms with Crippen molar-refractivity contribution in [2.75, 3.05) is 0 Å². The number of rotatable bonds is 6. The van der Waals surface area contributed by atoms with E-state index in [1.807, 2.05) is 24.3 Å². The zero-order valence-corrected chi connectivity index (χ0v) is 31.4. The predicted molar refractivity (Wildman–Crippen MR) is 188 cm³/mol. The Morgan fingerprint density at radius 2 is 1.09 bits per heavy atom. The predicted octanol–water partition coefficient (Wildman–Crippen LogP) is 11.9. The second-order valence-electron chi connectivity index (χ2n) is 12.4. The number of imidazole rings is 1. The number of fused-ring (bicyclic) bond motifs is 1. The zero-order chi connectivity index (χ0) is 32.6. The number of hydrogen-bond donors (Lipinski definition) is 0. The van der Waals surface area contributed by atoms with Crippen molar-refractivity contribution in [3.63, 3.8) is 0 Å². The monoisotopic (exact) mass is 839 g/mol. The van der Waals surface area contributed by atoms with E-state index in [4.69, 9.17) is 34.8 Å². The number of benzene rings is 3. The van der Waals surface area contributed by atoms with E-state index in [2.05, 4.69) is 116 Å². The van der Waals surface area contributed by atoms with Gasteiger partial charge in [-0.15, -0.1) is 0 Å². The molecule has 0 bridgehead atoms. The summed E-state index contributed by atoms with van der Waals surface area (Å²) in [5.74, 6) is 4.57. The van der Waals surface area contributed by atoms with E-state index in [-0.39, 0.29) is 23.7 Å². The van der Waals surface area contributed by atoms with Gasteiger partial charge in [-0.05, 0) is 0 Å². The molecule has 0 N–H and O–H groups in total. The van der Waals surface area contributed by atoms with Gasteiger partial charge in [0.2, 0.25) is 0 Å². The number of pyridine rings is 1. The Balaban J connectivity index is 1.95. The maximum atomic E-state index is 7.37. The van der Waals surface area contributed by atoms with Gasteiger partial charge < -0.3 is 0 Å². The topological polar surface area (TPSA) is 22.8 Å². The fourth-order valence-electron chi connectivity index (χ4n) is 5.73. The van der Waals surface area contributed by atoms with Crippen LogP contribution in [0.3, 0.4) is 0 Å². The molecule has 238 valence electrons. The van der Waals surface area contributed by atoms with Crippen LogP contribution < -0.4 is 0 Å². The quantitative estimate of drug-likeness (QED) is 0.123. The van der Waals surface area contributed by atoms with E-state index in [0.29, 0.717) is 15.3 Å². The van der Waals surface area contributed by atoms with Gasteiger partial charge in [0.05, 0.1) is 0 Å². The van der Waals surface area contributed by atoms with Crippen LogP contribution in [0, 0.1) is 13.7 Å². The number of nitrogens with zero attached hydrogens (tertiary/aromatic N) is 3. The second-order valence-corrected chi connectivity index (χ2v) is 15.6. The molecule has 0 atom stereocenters. The Labute approximate surface area is 291 Å². The van der Waals surface area contributed by atoms with Crippen molar-refractivity contribution in [3.8, 4) is 21.4 Å². The first-order valence-electron chi connectivity index (χ1n) is 15.3. The molecule has 0 unspecified atom stereocenters. The summed E-state index contributed by atoms with van der Waals surface area (Å²) in [5.41, 5.74) is 8.78. The van der Waals surface area contributed by atoms with Crippen molar-refractivity contribution < 1.29 is 19.3 Å². The van der Waals surface area contributed by atoms with Crippen molar-refractivity contribution in [3.05, 3.63) is 114 Å². The van der Waals surface area contributed by atoms with E-state index in [0.717, 1.165) is 31.5 Å². The van der Waals surface area contributed by atoms with Gasteiger partial charge in [-0.25, -0.2) is 0 Å². The summed E-state index contributed by atoms with van der Waals surface area (Å²) in [4.78, 5) is 4.61. The summed E-state index contributed by atoms with van der Waals surface area (Å²) in [6.45, 7) is 17.8. The van der Waals surface area contributed by atoms with Crippen LogP contribution in [0.25, 0.3) is 22.3 Å². The molecule has 45 heavy (non-hydrogen) atoms. The summed E-state index contributed by atoms with van der Waals surface area (Å²) in [7, 11) is 0. The SMILES string of the molecule is CC(C)c1cccc(C(C)C)c1-n1c(Cl)c(Cl)n(-c2c(C(C)C)cccc2C(C)C)[c]1=[Au][C]#Cc1ccc(Cl)c2cccnc12. The van der Waals surface area contributed by atoms with Gasteiger partial charge in [-0.2, -0.15) is 0 Å². The third-order valence-electron chi connectivity index (χ3n) is 8.02. The van der Waals surface area contributed by atoms with Gasteiger partial charge in [0.25, 0.3) is 0 Å². The molecule has 0 aliphatic carbocycles. The molecule has 2 aromatic heterocycles. The van der Waals surface area contributed by atoms with E-state index in [9.17, 15) is 0 Å². The Morgan fingerprint density at radius 1 is 0.622 bits per heavy atom. The first-order valence-corrected chi connectivity index (χ1v) is 18.6. The Hall–Kier alpha value is -2.55. The van der Waals surface area contributed by atoms with Gasteiger partial charge in [0.15, 0.2) is 0 Å². The van der Waals surface area contributed by atoms with Crippen molar-refractivity contribution in [2.45, 2.75) is 79.1 Å². The molecule has 3 aromatic carbocycles. The Bertz CT molecular complexity index is 1880. The first-order chi connectivity index (χ1) is 21.4. The molecule has 0 fully saturated rings. The minimum absolute atomic E-state index is 0.278. The van der Waals surface area contributed by atoms with Gasteiger partial charge in [-0.3, -0.25) is 0 Å². The van der Waals surface area contributed by atoms with E-state index < -0.39 is 19.3 Å². The molecule has 2 heterocycles. The van der Waals surface area contributed by atoms with Crippen molar-refractivity contribution in [1.82, 2.24) is 14.1 Å². The second kappa shape index (κ2) is 14.1. The standard InChI is InChI=1S/C27H34Cl2N2.C11H5ClN.Au/c1-16(2)20-11-9-12-21(17(3)4)24(20)30-15-31(27(29)26(30)28)25-22(18(5)6)13-10-14-23(25)19(7)8;1-2-8-5-6-10(12)9-4-3-7-13-11(8)9;/h9-14,16-19H,1-8H3;3-7H;. The Morgan fingerprint density at radius 3 is 1.53 bits per heavy atom. The molecule has 3 nitrogen and oxygen atoms in total. The van der Waals surface area contributed by atoms with E-state index in [1.165, 1.54) is 22.3 Å². The van der Waals surface area contributed by atoms with Crippen LogP contribution in [0.1, 0.15) is 107 Å². The van der Waals surface area contributed by atoms with E-state index >= 15 is 0 Å². The summed E-state index contributed by atoms with van der Waals surface area (Å²) in [5, 5.41) is 2.57. The average Bonchev–Trinajstić information content (AvgIpc) is 3.25. The Kier molecular flexibility index (Phi) is 10.6. The van der Waals surface area contributed by atoms with Crippen LogP contribution in [0.5, 0.6) is 0 Å². The van der Waals surface area contributed by atoms with Crippen molar-refractivity contribution in [2.24, 2.45) is 0 Å². The van der Waals surface area contributed by atoms with E-state index in [1.54, 1.807) is 6.20 Å². The molecule has 0 spiro atoms. The van der Waals surface area contributed by atoms with Crippen LogP contribution in [-0.2, 0) is 19.3 Å². The molecule has 7 heteroatoms. The van der Waals surface area contributed by atoms with Crippen molar-refractivity contribution in [1.29, 1.82) is 0 Å². The summed E-state index contributed by atoms with van der Waals surface area (Å²) < 4.78 is 9.00. The van der Waals surface area contributed by atoms with Gasteiger partial charge in [-0.1, -0.05) is 0 Å². The van der Waals surface area contributed by atoms with Crippen molar-refractivity contribution >= 4 is 45.7 Å². The van der Waals surface area contributed by atoms with Gasteiger partial charge in [0.1, 0.15) is 0 Å². The fourth-order valence-corrected chi connectivity index (χ4v) is 8.84. The molecular formula is C38H39AuCl3N3. The average molecular weight is 841 g/mol. The molecular weight excluding hydrogens is 802 g/mol. The first kappa shape index (κ1) is 33.8. The van der Waals surface area contributed by atoms with Crippen LogP contribution in [0.2, 0.25) is 15.3 Å². The third-order valence-corrected chi connectivity index (χ3v) is 11.1. The van der Waals surface area contributed by atoms with Crippen LogP contribution in [0.4, 0.5) is 0 Å². The van der Waals surface area contributed by atoms with Gasteiger partial charge >= 0.3 is 293 Å². The van der Waals surface area contributed by atoms with Crippen LogP contribution in [-0.4, -0.2) is 14.1 Å². The van der Waals surface area contributed by atoms with Crippen LogP contribution in [0.15, 0.2) is 66.9 Å². The number of halogens is 3. The third kappa shape index (κ3) is 6.52. The molecule has 0 aliphatic heterocycles. The molecule has 0 radical (unpaired) electrons. The molecule has 0 saturated heterocycles. The summed E-state index contributed by atoms with van der Waals surface area (Å²) >= 11 is 20.4. The van der Waals surface area contributed by atoms with Crippen LogP contribution >= 0.6 is 34.8 Å². The maximum absolute atomic E-state index is 7.37. The molecule has 0 aliphatic rings. The molecule has 0 amide bonds. The zero-order valence-electron chi connectivity index (χ0n) is 26.9. The number of para-hydroxylation sites is 2. The normalized spacial score (nSPS) is 11.8. The number of hydrogen-bond acceptors (Lipinski definition) is 1.